The minimum atomic E-state index is -0.673. The summed E-state index contributed by atoms with van der Waals surface area (Å²) in [5.41, 5.74) is 1.27. The molecule has 2 unspecified atom stereocenters. The van der Waals surface area contributed by atoms with Crippen molar-refractivity contribution in [3.63, 3.8) is 0 Å². The molecule has 0 bridgehead atoms. The number of ether oxygens (including phenoxy) is 2. The number of fused-ring (bicyclic) bond motifs is 2. The van der Waals surface area contributed by atoms with Crippen LogP contribution in [0.2, 0.25) is 0 Å². The van der Waals surface area contributed by atoms with Crippen molar-refractivity contribution in [2.75, 3.05) is 7.11 Å². The van der Waals surface area contributed by atoms with E-state index in [1.165, 1.54) is 19.3 Å². The van der Waals surface area contributed by atoms with Gasteiger partial charge in [-0.2, -0.15) is 0 Å². The lowest BCUT2D eigenvalue weighted by atomic mass is 9.77. The number of methoxy groups -OCH3 is 1. The molecular weight excluding hydrogens is 412 g/mol. The third-order valence-corrected chi connectivity index (χ3v) is 5.84. The van der Waals surface area contributed by atoms with Crippen molar-refractivity contribution in [2.24, 2.45) is 11.8 Å². The molecule has 0 aliphatic heterocycles. The molecule has 0 amide bonds. The van der Waals surface area contributed by atoms with Gasteiger partial charge in [0.05, 0.1) is 29.0 Å². The van der Waals surface area contributed by atoms with E-state index < -0.39 is 17.9 Å². The summed E-state index contributed by atoms with van der Waals surface area (Å²) in [6.07, 6.45) is 6.56. The topological polar surface area (TPSA) is 69.7 Å². The van der Waals surface area contributed by atoms with Crippen LogP contribution in [0, 0.1) is 11.8 Å². The van der Waals surface area contributed by atoms with Gasteiger partial charge in [0.1, 0.15) is 17.6 Å². The standard InChI is InChI=1S/C21H17BrO5/c1-26-18-4-2-3-12-17(10-9-15(24)19(12)18)27-21-13(22)6-5-11-14(23)7-8-16(25)20(11)21/h2-8,11,17,20H,9-10H2,1H3/t11?,17-,20?/m0/s1. The molecule has 1 aromatic rings. The Hall–Kier alpha value is -2.47. The molecule has 3 atom stereocenters. The van der Waals surface area contributed by atoms with Crippen molar-refractivity contribution >= 4 is 33.3 Å². The van der Waals surface area contributed by atoms with Crippen LogP contribution in [0.4, 0.5) is 0 Å². The number of allylic oxidation sites excluding steroid dienone is 6. The fourth-order valence-corrected chi connectivity index (χ4v) is 4.36. The Kier molecular flexibility index (Phi) is 4.60. The number of carbonyl (C=O) groups is 3. The van der Waals surface area contributed by atoms with Crippen LogP contribution in [-0.2, 0) is 14.3 Å². The first-order chi connectivity index (χ1) is 13.0. The Labute approximate surface area is 164 Å². The van der Waals surface area contributed by atoms with Gasteiger partial charge in [0.25, 0.3) is 0 Å². The normalized spacial score (nSPS) is 26.7. The van der Waals surface area contributed by atoms with E-state index in [4.69, 9.17) is 9.47 Å². The van der Waals surface area contributed by atoms with Gasteiger partial charge in [-0.15, -0.1) is 0 Å². The van der Waals surface area contributed by atoms with E-state index in [0.29, 0.717) is 34.4 Å². The fourth-order valence-electron chi connectivity index (χ4n) is 3.87. The van der Waals surface area contributed by atoms with Crippen LogP contribution in [0.5, 0.6) is 5.75 Å². The Bertz CT molecular complexity index is 940. The summed E-state index contributed by atoms with van der Waals surface area (Å²) in [6, 6.07) is 5.41. The largest absolute Gasteiger partial charge is 0.496 e. The number of Topliss-reactive ketones (excluding diaryl/α,β-unsaturated/α-hetero) is 1. The van der Waals surface area contributed by atoms with E-state index in [9.17, 15) is 14.4 Å². The summed E-state index contributed by atoms with van der Waals surface area (Å²) in [6.45, 7) is 0. The lowest BCUT2D eigenvalue weighted by Crippen LogP contribution is -2.35. The van der Waals surface area contributed by atoms with Gasteiger partial charge in [0.15, 0.2) is 17.3 Å². The Morgan fingerprint density at radius 1 is 1.07 bits per heavy atom. The lowest BCUT2D eigenvalue weighted by Gasteiger charge is -2.34. The van der Waals surface area contributed by atoms with Crippen molar-refractivity contribution in [3.8, 4) is 5.75 Å². The first kappa shape index (κ1) is 17.9. The predicted molar refractivity (Wildman–Crippen MR) is 102 cm³/mol. The number of halogens is 1. The number of carbonyl (C=O) groups excluding carboxylic acids is 3. The Morgan fingerprint density at radius 3 is 2.63 bits per heavy atom. The molecule has 138 valence electrons. The summed E-state index contributed by atoms with van der Waals surface area (Å²) >= 11 is 3.46. The van der Waals surface area contributed by atoms with Gasteiger partial charge in [0, 0.05) is 12.0 Å². The molecule has 0 aromatic heterocycles. The van der Waals surface area contributed by atoms with Gasteiger partial charge in [-0.1, -0.05) is 18.2 Å². The average Bonchev–Trinajstić information content (AvgIpc) is 2.68. The van der Waals surface area contributed by atoms with Crippen molar-refractivity contribution in [1.29, 1.82) is 0 Å². The van der Waals surface area contributed by atoms with Crippen LogP contribution in [0.3, 0.4) is 0 Å². The molecule has 1 aromatic carbocycles. The van der Waals surface area contributed by atoms with Crippen LogP contribution in [0.1, 0.15) is 34.9 Å². The minimum absolute atomic E-state index is 0.0172. The number of ketones is 3. The molecule has 0 saturated carbocycles. The van der Waals surface area contributed by atoms with Crippen LogP contribution in [-0.4, -0.2) is 24.5 Å². The summed E-state index contributed by atoms with van der Waals surface area (Å²) in [5.74, 6) is -0.511. The lowest BCUT2D eigenvalue weighted by molar-refractivity contribution is -0.128. The van der Waals surface area contributed by atoms with Crippen molar-refractivity contribution in [3.05, 3.63) is 63.9 Å². The molecule has 5 nitrogen and oxygen atoms in total. The molecule has 0 heterocycles. The first-order valence-corrected chi connectivity index (χ1v) is 9.51. The van der Waals surface area contributed by atoms with E-state index in [1.54, 1.807) is 18.2 Å². The number of hydrogen-bond donors (Lipinski definition) is 0. The molecule has 0 fully saturated rings. The Morgan fingerprint density at radius 2 is 1.85 bits per heavy atom. The third-order valence-electron chi connectivity index (χ3n) is 5.18. The van der Waals surface area contributed by atoms with Crippen LogP contribution in [0.15, 0.2) is 52.7 Å². The van der Waals surface area contributed by atoms with Crippen LogP contribution >= 0.6 is 15.9 Å². The molecule has 0 spiro atoms. The van der Waals surface area contributed by atoms with E-state index in [1.807, 2.05) is 12.1 Å². The second kappa shape index (κ2) is 6.93. The second-order valence-electron chi connectivity index (χ2n) is 6.71. The molecule has 6 heteroatoms. The summed E-state index contributed by atoms with van der Waals surface area (Å²) in [4.78, 5) is 37.1. The highest BCUT2D eigenvalue weighted by atomic mass is 79.9. The zero-order chi connectivity index (χ0) is 19.1. The highest BCUT2D eigenvalue weighted by Crippen LogP contribution is 2.43. The van der Waals surface area contributed by atoms with Gasteiger partial charge in [0.2, 0.25) is 0 Å². The van der Waals surface area contributed by atoms with E-state index >= 15 is 0 Å². The molecule has 0 radical (unpaired) electrons. The Balaban J connectivity index is 1.73. The summed E-state index contributed by atoms with van der Waals surface area (Å²) in [5, 5.41) is 0. The predicted octanol–water partition coefficient (Wildman–Crippen LogP) is 3.85. The zero-order valence-electron chi connectivity index (χ0n) is 14.6. The molecule has 3 aliphatic carbocycles. The smallest absolute Gasteiger partial charge is 0.167 e. The monoisotopic (exact) mass is 428 g/mol. The minimum Gasteiger partial charge on any atom is -0.496 e. The fraction of sp³-hybridized carbons (Fsp3) is 0.286. The number of hydrogen-bond acceptors (Lipinski definition) is 5. The summed E-state index contributed by atoms with van der Waals surface area (Å²) < 4.78 is 12.3. The van der Waals surface area contributed by atoms with E-state index in [0.717, 1.165) is 5.56 Å². The summed E-state index contributed by atoms with van der Waals surface area (Å²) in [7, 11) is 1.53. The van der Waals surface area contributed by atoms with Gasteiger partial charge < -0.3 is 9.47 Å². The first-order valence-electron chi connectivity index (χ1n) is 8.71. The van der Waals surface area contributed by atoms with Gasteiger partial charge >= 0.3 is 0 Å². The highest BCUT2D eigenvalue weighted by Gasteiger charge is 2.41. The zero-order valence-corrected chi connectivity index (χ0v) is 16.2. The van der Waals surface area contributed by atoms with E-state index in [2.05, 4.69) is 15.9 Å². The highest BCUT2D eigenvalue weighted by molar-refractivity contribution is 9.11. The molecule has 0 saturated heterocycles. The van der Waals surface area contributed by atoms with Crippen LogP contribution < -0.4 is 4.74 Å². The second-order valence-corrected chi connectivity index (χ2v) is 7.56. The van der Waals surface area contributed by atoms with Crippen LogP contribution in [0.25, 0.3) is 0 Å². The molecule has 27 heavy (non-hydrogen) atoms. The quantitative estimate of drug-likeness (QED) is 0.730. The molecule has 4 rings (SSSR count). The maximum atomic E-state index is 12.5. The van der Waals surface area contributed by atoms with E-state index in [-0.39, 0.29) is 17.3 Å². The van der Waals surface area contributed by atoms with Crippen molar-refractivity contribution < 1.29 is 23.9 Å². The molecule has 3 aliphatic rings. The van der Waals surface area contributed by atoms with Gasteiger partial charge in [-0.3, -0.25) is 14.4 Å². The average molecular weight is 429 g/mol. The van der Waals surface area contributed by atoms with Gasteiger partial charge in [-0.05, 0) is 46.6 Å². The number of benzene rings is 1. The maximum absolute atomic E-state index is 12.5. The SMILES string of the molecule is COc1cccc2c1C(=O)CC[C@@H]2OC1=C(Br)C=CC2C(=O)C=CC(=O)C12. The van der Waals surface area contributed by atoms with Gasteiger partial charge in [-0.25, -0.2) is 0 Å². The van der Waals surface area contributed by atoms with Crippen molar-refractivity contribution in [2.45, 2.75) is 18.9 Å². The number of rotatable bonds is 3. The molecule has 0 N–H and O–H groups in total. The molecular formula is C21H17BrO5. The van der Waals surface area contributed by atoms with Crippen molar-refractivity contribution in [1.82, 2.24) is 0 Å². The maximum Gasteiger partial charge on any atom is 0.167 e. The third kappa shape index (κ3) is 2.98.